The van der Waals surface area contributed by atoms with E-state index in [1.807, 2.05) is 0 Å². The van der Waals surface area contributed by atoms with E-state index in [0.717, 1.165) is 97.3 Å². The molecule has 0 radical (unpaired) electrons. The minimum atomic E-state index is -1.17. The Balaban J connectivity index is 0.000000154. The van der Waals surface area contributed by atoms with Gasteiger partial charge in [-0.1, -0.05) is 27.7 Å². The predicted octanol–water partition coefficient (Wildman–Crippen LogP) is 8.56. The van der Waals surface area contributed by atoms with Crippen LogP contribution in [0.1, 0.15) is 135 Å². The van der Waals surface area contributed by atoms with Gasteiger partial charge >= 0.3 is 11.9 Å². The van der Waals surface area contributed by atoms with Crippen LogP contribution >= 0.6 is 0 Å². The first-order valence-corrected chi connectivity index (χ1v) is 21.6. The van der Waals surface area contributed by atoms with Crippen molar-refractivity contribution in [3.63, 3.8) is 0 Å². The lowest BCUT2D eigenvalue weighted by Gasteiger charge is -2.40. The van der Waals surface area contributed by atoms with Crippen molar-refractivity contribution in [3.05, 3.63) is 91.5 Å². The maximum absolute atomic E-state index is 12.6. The zero-order valence-electron chi connectivity index (χ0n) is 35.5. The standard InChI is InChI=1S/2C24H28N2O4/c2*1-24(2)7-6-14-15-10-19(25-8-4-5-9-25)21(30-3)11-16(15)18-12-20(27)17(23(28)29)13-26(18)22(14)24/h2*10-14,22H,4-9H2,1-3H3,(H,28,29)/t2*14-,22+/m10/s1. The van der Waals surface area contributed by atoms with Gasteiger partial charge in [0.2, 0.25) is 0 Å². The Bertz CT molecular complexity index is 2370. The fourth-order valence-electron chi connectivity index (χ4n) is 11.8. The topological polar surface area (TPSA) is 144 Å². The summed E-state index contributed by atoms with van der Waals surface area (Å²) in [5.41, 5.74) is 7.15. The summed E-state index contributed by atoms with van der Waals surface area (Å²) in [5, 5.41) is 19.1. The molecule has 2 aromatic heterocycles. The zero-order valence-corrected chi connectivity index (χ0v) is 35.5. The summed E-state index contributed by atoms with van der Waals surface area (Å²) in [5.74, 6) is -0.135. The van der Waals surface area contributed by atoms with E-state index in [-0.39, 0.29) is 34.0 Å². The third-order valence-electron chi connectivity index (χ3n) is 14.7. The number of hydrogen-bond donors (Lipinski definition) is 2. The number of nitrogens with zero attached hydrogens (tertiary/aromatic N) is 4. The molecule has 0 spiro atoms. The number of ether oxygens (including phenoxy) is 2. The number of rotatable bonds is 6. The summed E-state index contributed by atoms with van der Waals surface area (Å²) in [6.45, 7) is 13.1. The molecule has 6 aliphatic rings. The van der Waals surface area contributed by atoms with Crippen LogP contribution in [0.5, 0.6) is 11.5 Å². The van der Waals surface area contributed by atoms with Crippen LogP contribution in [-0.4, -0.2) is 71.7 Å². The summed E-state index contributed by atoms with van der Waals surface area (Å²) in [4.78, 5) is 53.3. The number of hydrogen-bond acceptors (Lipinski definition) is 8. The van der Waals surface area contributed by atoms with Crippen LogP contribution in [0.4, 0.5) is 11.4 Å². The van der Waals surface area contributed by atoms with Gasteiger partial charge in [-0.15, -0.1) is 0 Å². The Labute approximate surface area is 350 Å². The number of aromatic carboxylic acids is 2. The van der Waals surface area contributed by atoms with E-state index in [2.05, 4.69) is 70.9 Å². The smallest absolute Gasteiger partial charge is 0.341 e. The van der Waals surface area contributed by atoms with Gasteiger partial charge in [0.1, 0.15) is 22.6 Å². The van der Waals surface area contributed by atoms with Crippen LogP contribution in [0.25, 0.3) is 22.5 Å². The number of fused-ring (bicyclic) bond motifs is 12. The molecule has 10 rings (SSSR count). The van der Waals surface area contributed by atoms with E-state index < -0.39 is 22.8 Å². The molecule has 12 heteroatoms. The van der Waals surface area contributed by atoms with Crippen molar-refractivity contribution in [3.8, 4) is 34.0 Å². The lowest BCUT2D eigenvalue weighted by molar-refractivity contribution is 0.0683. The average Bonchev–Trinajstić information content (AvgIpc) is 4.05. The Hall–Kier alpha value is -5.52. The van der Waals surface area contributed by atoms with Crippen LogP contribution in [0.3, 0.4) is 0 Å². The molecule has 4 atom stereocenters. The molecule has 4 aromatic rings. The maximum atomic E-state index is 12.6. The minimum Gasteiger partial charge on any atom is -0.495 e. The van der Waals surface area contributed by atoms with Crippen molar-refractivity contribution in [2.75, 3.05) is 50.2 Å². The van der Waals surface area contributed by atoms with Gasteiger partial charge in [0.05, 0.1) is 37.0 Å². The van der Waals surface area contributed by atoms with Crippen LogP contribution in [0.2, 0.25) is 0 Å². The van der Waals surface area contributed by atoms with Gasteiger partial charge in [-0.05, 0) is 97.6 Å². The van der Waals surface area contributed by atoms with E-state index in [1.165, 1.54) is 48.9 Å². The number of methoxy groups -OCH3 is 2. The summed E-state index contributed by atoms with van der Waals surface area (Å²) >= 11 is 0. The molecular weight excluding hydrogens is 761 g/mol. The molecular formula is C48H56N4O8. The van der Waals surface area contributed by atoms with Crippen LogP contribution in [0.15, 0.2) is 58.4 Å². The second-order valence-corrected chi connectivity index (χ2v) is 19.1. The summed E-state index contributed by atoms with van der Waals surface area (Å²) in [6, 6.07) is 11.9. The fourth-order valence-corrected chi connectivity index (χ4v) is 11.8. The molecule has 2 aliphatic carbocycles. The predicted molar refractivity (Wildman–Crippen MR) is 232 cm³/mol. The van der Waals surface area contributed by atoms with Gasteiger partial charge in [-0.2, -0.15) is 0 Å². The van der Waals surface area contributed by atoms with Gasteiger partial charge in [-0.25, -0.2) is 9.59 Å². The molecule has 60 heavy (non-hydrogen) atoms. The number of pyridine rings is 2. The number of aromatic nitrogens is 2. The van der Waals surface area contributed by atoms with Gasteiger partial charge in [0.25, 0.3) is 0 Å². The molecule has 12 nitrogen and oxygen atoms in total. The highest BCUT2D eigenvalue weighted by Crippen LogP contribution is 2.61. The van der Waals surface area contributed by atoms with Gasteiger partial charge < -0.3 is 38.6 Å². The molecule has 2 N–H and O–H groups in total. The second kappa shape index (κ2) is 14.6. The first kappa shape index (κ1) is 39.9. The van der Waals surface area contributed by atoms with E-state index in [0.29, 0.717) is 11.8 Å². The van der Waals surface area contributed by atoms with E-state index in [4.69, 9.17) is 9.47 Å². The molecule has 2 saturated heterocycles. The minimum absolute atomic E-state index is 0.00961. The molecule has 316 valence electrons. The van der Waals surface area contributed by atoms with Crippen LogP contribution in [0, 0.1) is 10.8 Å². The number of benzene rings is 2. The lowest BCUT2D eigenvalue weighted by Crippen LogP contribution is -2.32. The summed E-state index contributed by atoms with van der Waals surface area (Å²) in [6.07, 6.45) is 12.1. The molecule has 0 bridgehead atoms. The lowest BCUT2D eigenvalue weighted by atomic mass is 9.77. The average molecular weight is 817 g/mol. The SMILES string of the molecule is COc1cc2c(cc1N1CCCC1)[C@@H]1CCC(C)(C)[C@@H]1n1cc(C(=O)O)c(=O)cc1-2.COc1cc2c(cc1N1CCCC1)[C@H]1CCC(C)(C)[C@H]1n1cc(C(=O)O)c(=O)cc1-2. The maximum Gasteiger partial charge on any atom is 0.341 e. The summed E-state index contributed by atoms with van der Waals surface area (Å²) in [7, 11) is 3.37. The normalized spacial score (nSPS) is 23.6. The molecule has 4 fully saturated rings. The van der Waals surface area contributed by atoms with Gasteiger partial charge in [0, 0.05) is 85.8 Å². The molecule has 6 heterocycles. The number of anilines is 2. The van der Waals surface area contributed by atoms with Crippen molar-refractivity contribution in [1.29, 1.82) is 0 Å². The van der Waals surface area contributed by atoms with Crippen molar-refractivity contribution in [1.82, 2.24) is 9.13 Å². The zero-order chi connectivity index (χ0) is 42.4. The Morgan fingerprint density at radius 3 is 1.30 bits per heavy atom. The molecule has 4 aliphatic heterocycles. The highest BCUT2D eigenvalue weighted by Gasteiger charge is 2.49. The summed E-state index contributed by atoms with van der Waals surface area (Å²) < 4.78 is 15.6. The van der Waals surface area contributed by atoms with E-state index in [9.17, 15) is 29.4 Å². The largest absolute Gasteiger partial charge is 0.495 e. The van der Waals surface area contributed by atoms with Gasteiger partial charge in [0.15, 0.2) is 10.9 Å². The first-order valence-electron chi connectivity index (χ1n) is 21.6. The van der Waals surface area contributed by atoms with Crippen LogP contribution in [-0.2, 0) is 0 Å². The van der Waals surface area contributed by atoms with Crippen LogP contribution < -0.4 is 30.1 Å². The molecule has 2 aromatic carbocycles. The third-order valence-corrected chi connectivity index (χ3v) is 14.7. The van der Waals surface area contributed by atoms with E-state index >= 15 is 0 Å². The Kier molecular flexibility index (Phi) is 9.71. The van der Waals surface area contributed by atoms with Crippen molar-refractivity contribution in [2.24, 2.45) is 10.8 Å². The first-order chi connectivity index (χ1) is 28.6. The Morgan fingerprint density at radius 2 is 0.967 bits per heavy atom. The highest BCUT2D eigenvalue weighted by atomic mass is 16.5. The monoisotopic (exact) mass is 816 g/mol. The number of carbonyl (C=O) groups is 2. The molecule has 0 unspecified atom stereocenters. The van der Waals surface area contributed by atoms with Crippen molar-refractivity contribution < 1.29 is 29.3 Å². The van der Waals surface area contributed by atoms with Gasteiger partial charge in [-0.3, -0.25) is 9.59 Å². The molecule has 0 amide bonds. The third kappa shape index (κ3) is 6.31. The highest BCUT2D eigenvalue weighted by molar-refractivity contribution is 5.89. The fraction of sp³-hybridized carbons (Fsp3) is 0.500. The number of carboxylic acid groups (broad SMARTS) is 2. The number of carboxylic acids is 2. The van der Waals surface area contributed by atoms with Crippen molar-refractivity contribution >= 4 is 23.3 Å². The molecule has 2 saturated carbocycles. The Morgan fingerprint density at radius 1 is 0.600 bits per heavy atom. The quantitative estimate of drug-likeness (QED) is 0.194. The second-order valence-electron chi connectivity index (χ2n) is 19.1. The van der Waals surface area contributed by atoms with E-state index in [1.54, 1.807) is 26.6 Å². The van der Waals surface area contributed by atoms with Crippen molar-refractivity contribution in [2.45, 2.75) is 103 Å².